The second-order valence-electron chi connectivity index (χ2n) is 3.87. The van der Waals surface area contributed by atoms with Gasteiger partial charge in [-0.25, -0.2) is 0 Å². The molecule has 0 aromatic heterocycles. The van der Waals surface area contributed by atoms with Crippen molar-refractivity contribution in [1.82, 2.24) is 0 Å². The van der Waals surface area contributed by atoms with Gasteiger partial charge in [0.1, 0.15) is 0 Å². The third-order valence-corrected chi connectivity index (χ3v) is 2.60. The third-order valence-electron chi connectivity index (χ3n) is 2.60. The zero-order chi connectivity index (χ0) is 15.0. The Balaban J connectivity index is 2.96. The van der Waals surface area contributed by atoms with Crippen molar-refractivity contribution >= 4 is 18.3 Å². The van der Waals surface area contributed by atoms with Crippen molar-refractivity contribution in [2.45, 2.75) is 13.3 Å². The van der Waals surface area contributed by atoms with Gasteiger partial charge in [-0.3, -0.25) is 9.59 Å². The molecule has 0 amide bonds. The molecule has 0 saturated heterocycles. The minimum Gasteiger partial charge on any atom is -0.493 e. The molecule has 108 valence electrons. The van der Waals surface area contributed by atoms with Crippen LogP contribution in [-0.4, -0.2) is 33.1 Å². The van der Waals surface area contributed by atoms with Crippen LogP contribution < -0.4 is 9.47 Å². The second kappa shape index (κ2) is 7.99. The largest absolute Gasteiger partial charge is 0.493 e. The molecule has 1 rings (SSSR count). The van der Waals surface area contributed by atoms with E-state index in [0.717, 1.165) is 6.29 Å². The second-order valence-corrected chi connectivity index (χ2v) is 3.87. The predicted molar refractivity (Wildman–Crippen MR) is 75.2 cm³/mol. The lowest BCUT2D eigenvalue weighted by Gasteiger charge is -2.10. The lowest BCUT2D eigenvalue weighted by molar-refractivity contribution is -0.142. The Morgan fingerprint density at radius 1 is 1.15 bits per heavy atom. The molecule has 1 aromatic carbocycles. The fourth-order valence-electron chi connectivity index (χ4n) is 1.66. The molecule has 0 bridgehead atoms. The van der Waals surface area contributed by atoms with E-state index in [0.29, 0.717) is 29.2 Å². The summed E-state index contributed by atoms with van der Waals surface area (Å²) in [6.45, 7) is 2.10. The molecular weight excluding hydrogens is 260 g/mol. The van der Waals surface area contributed by atoms with Crippen LogP contribution in [0.3, 0.4) is 0 Å². The number of hydrogen-bond donors (Lipinski definition) is 0. The van der Waals surface area contributed by atoms with Crippen LogP contribution in [0.2, 0.25) is 0 Å². The highest BCUT2D eigenvalue weighted by Crippen LogP contribution is 2.30. The molecule has 0 spiro atoms. The number of ether oxygens (including phenoxy) is 3. The van der Waals surface area contributed by atoms with Crippen molar-refractivity contribution in [3.8, 4) is 11.5 Å². The zero-order valence-corrected chi connectivity index (χ0v) is 11.8. The van der Waals surface area contributed by atoms with Crippen molar-refractivity contribution < 1.29 is 23.8 Å². The van der Waals surface area contributed by atoms with Gasteiger partial charge in [0.2, 0.25) is 0 Å². The first-order chi connectivity index (χ1) is 9.65. The van der Waals surface area contributed by atoms with Gasteiger partial charge in [-0.05, 0) is 24.6 Å². The van der Waals surface area contributed by atoms with Crippen LogP contribution >= 0.6 is 0 Å². The van der Waals surface area contributed by atoms with E-state index in [-0.39, 0.29) is 12.4 Å². The molecule has 0 saturated carbocycles. The number of methoxy groups -OCH3 is 2. The van der Waals surface area contributed by atoms with E-state index in [1.54, 1.807) is 31.2 Å². The summed E-state index contributed by atoms with van der Waals surface area (Å²) in [6, 6.07) is 3.28. The number of esters is 1. The van der Waals surface area contributed by atoms with Gasteiger partial charge in [0.05, 0.1) is 27.2 Å². The Labute approximate surface area is 118 Å². The maximum atomic E-state index is 11.2. The first kappa shape index (κ1) is 15.8. The molecule has 5 heteroatoms. The molecule has 5 nitrogen and oxygen atoms in total. The standard InChI is InChI=1S/C15H18O5/c1-4-20-15(17)7-5-6-11-8-13(18-2)14(19-3)9-12(11)10-16/h5-6,8-10H,4,7H2,1-3H3. The Kier molecular flexibility index (Phi) is 6.29. The minimum atomic E-state index is -0.308. The molecule has 0 radical (unpaired) electrons. The Bertz CT molecular complexity index is 505. The third kappa shape index (κ3) is 4.12. The number of hydrogen-bond acceptors (Lipinski definition) is 5. The lowest BCUT2D eigenvalue weighted by atomic mass is 10.1. The fraction of sp³-hybridized carbons (Fsp3) is 0.333. The summed E-state index contributed by atoms with van der Waals surface area (Å²) in [6.07, 6.45) is 4.21. The molecule has 20 heavy (non-hydrogen) atoms. The van der Waals surface area contributed by atoms with E-state index in [1.165, 1.54) is 14.2 Å². The summed E-state index contributed by atoms with van der Waals surface area (Å²) in [4.78, 5) is 22.3. The summed E-state index contributed by atoms with van der Waals surface area (Å²) in [7, 11) is 3.02. The van der Waals surface area contributed by atoms with Crippen molar-refractivity contribution in [1.29, 1.82) is 0 Å². The lowest BCUT2D eigenvalue weighted by Crippen LogP contribution is -2.01. The molecule has 0 heterocycles. The van der Waals surface area contributed by atoms with Crippen LogP contribution in [0, 0.1) is 0 Å². The van der Waals surface area contributed by atoms with Gasteiger partial charge in [0.15, 0.2) is 17.8 Å². The quantitative estimate of drug-likeness (QED) is 0.566. The van der Waals surface area contributed by atoms with Crippen LogP contribution in [0.1, 0.15) is 29.3 Å². The number of aldehydes is 1. The molecule has 0 aliphatic rings. The normalized spacial score (nSPS) is 10.3. The van der Waals surface area contributed by atoms with E-state index < -0.39 is 0 Å². The first-order valence-electron chi connectivity index (χ1n) is 6.19. The summed E-state index contributed by atoms with van der Waals surface area (Å²) in [5.41, 5.74) is 1.12. The van der Waals surface area contributed by atoms with Gasteiger partial charge in [-0.1, -0.05) is 12.2 Å². The van der Waals surface area contributed by atoms with Crippen LogP contribution in [0.5, 0.6) is 11.5 Å². The SMILES string of the molecule is CCOC(=O)CC=Cc1cc(OC)c(OC)cc1C=O. The minimum absolute atomic E-state index is 0.153. The molecule has 0 fully saturated rings. The Hall–Kier alpha value is -2.30. The maximum absolute atomic E-state index is 11.2. The van der Waals surface area contributed by atoms with E-state index in [1.807, 2.05) is 0 Å². The number of carbonyl (C=O) groups excluding carboxylic acids is 2. The molecule has 0 atom stereocenters. The van der Waals surface area contributed by atoms with Crippen molar-refractivity contribution in [3.63, 3.8) is 0 Å². The molecule has 0 unspecified atom stereocenters. The summed E-state index contributed by atoms with van der Waals surface area (Å²) >= 11 is 0. The summed E-state index contributed by atoms with van der Waals surface area (Å²) in [5.74, 6) is 0.697. The smallest absolute Gasteiger partial charge is 0.309 e. The molecule has 0 aliphatic carbocycles. The van der Waals surface area contributed by atoms with E-state index in [2.05, 4.69) is 0 Å². The van der Waals surface area contributed by atoms with Crippen molar-refractivity contribution in [3.05, 3.63) is 29.3 Å². The highest BCUT2D eigenvalue weighted by Gasteiger charge is 2.09. The van der Waals surface area contributed by atoms with E-state index >= 15 is 0 Å². The van der Waals surface area contributed by atoms with Crippen LogP contribution in [0.15, 0.2) is 18.2 Å². The van der Waals surface area contributed by atoms with Gasteiger partial charge >= 0.3 is 5.97 Å². The van der Waals surface area contributed by atoms with Gasteiger partial charge < -0.3 is 14.2 Å². The van der Waals surface area contributed by atoms with Gasteiger partial charge in [-0.15, -0.1) is 0 Å². The zero-order valence-electron chi connectivity index (χ0n) is 11.8. The highest BCUT2D eigenvalue weighted by molar-refractivity contribution is 5.84. The van der Waals surface area contributed by atoms with E-state index in [9.17, 15) is 9.59 Å². The van der Waals surface area contributed by atoms with Gasteiger partial charge in [-0.2, -0.15) is 0 Å². The molecular formula is C15H18O5. The van der Waals surface area contributed by atoms with E-state index in [4.69, 9.17) is 14.2 Å². The highest BCUT2D eigenvalue weighted by atomic mass is 16.5. The van der Waals surface area contributed by atoms with Crippen LogP contribution in [0.4, 0.5) is 0 Å². The van der Waals surface area contributed by atoms with Gasteiger partial charge in [0, 0.05) is 5.56 Å². The Morgan fingerprint density at radius 2 is 1.75 bits per heavy atom. The molecule has 0 N–H and O–H groups in total. The summed E-state index contributed by atoms with van der Waals surface area (Å²) in [5, 5.41) is 0. The number of rotatable bonds is 7. The average molecular weight is 278 g/mol. The monoisotopic (exact) mass is 278 g/mol. The maximum Gasteiger partial charge on any atom is 0.309 e. The number of benzene rings is 1. The predicted octanol–water partition coefficient (Wildman–Crippen LogP) is 2.48. The Morgan fingerprint density at radius 3 is 2.25 bits per heavy atom. The van der Waals surface area contributed by atoms with Crippen molar-refractivity contribution in [2.75, 3.05) is 20.8 Å². The van der Waals surface area contributed by atoms with Crippen molar-refractivity contribution in [2.24, 2.45) is 0 Å². The summed E-state index contributed by atoms with van der Waals surface area (Å²) < 4.78 is 15.1. The molecule has 1 aromatic rings. The first-order valence-corrected chi connectivity index (χ1v) is 6.19. The fourth-order valence-corrected chi connectivity index (χ4v) is 1.66. The van der Waals surface area contributed by atoms with Crippen LogP contribution in [-0.2, 0) is 9.53 Å². The average Bonchev–Trinajstić information content (AvgIpc) is 2.46. The number of carbonyl (C=O) groups is 2. The topological polar surface area (TPSA) is 61.8 Å². The van der Waals surface area contributed by atoms with Crippen LogP contribution in [0.25, 0.3) is 6.08 Å². The van der Waals surface area contributed by atoms with Gasteiger partial charge in [0.25, 0.3) is 0 Å². The molecule has 0 aliphatic heterocycles.